The fraction of sp³-hybridized carbons (Fsp3) is 0.467. The van der Waals surface area contributed by atoms with Crippen LogP contribution in [-0.2, 0) is 9.59 Å². The van der Waals surface area contributed by atoms with Gasteiger partial charge in [0.15, 0.2) is 0 Å². The second-order valence-electron chi connectivity index (χ2n) is 5.53. The first-order valence-corrected chi connectivity index (χ1v) is 6.82. The number of nitrogen functional groups attached to an aromatic ring is 1. The molecule has 2 aliphatic rings. The van der Waals surface area contributed by atoms with Crippen LogP contribution in [0.15, 0.2) is 24.3 Å². The van der Waals surface area contributed by atoms with Gasteiger partial charge in [0.1, 0.15) is 0 Å². The van der Waals surface area contributed by atoms with Gasteiger partial charge in [0.05, 0.1) is 17.9 Å². The molecule has 100 valence electrons. The molecule has 2 N–H and O–H groups in total. The molecule has 3 rings (SSSR count). The van der Waals surface area contributed by atoms with E-state index in [1.54, 1.807) is 12.1 Å². The van der Waals surface area contributed by atoms with E-state index in [2.05, 4.69) is 0 Å². The van der Waals surface area contributed by atoms with Crippen LogP contribution in [0.5, 0.6) is 0 Å². The molecule has 2 amide bonds. The van der Waals surface area contributed by atoms with Crippen molar-refractivity contribution in [3.8, 4) is 0 Å². The van der Waals surface area contributed by atoms with Crippen molar-refractivity contribution in [3.63, 3.8) is 0 Å². The molecular formula is C15H18N2O2. The maximum atomic E-state index is 12.4. The maximum absolute atomic E-state index is 12.4. The van der Waals surface area contributed by atoms with Crippen molar-refractivity contribution in [1.82, 2.24) is 4.90 Å². The van der Waals surface area contributed by atoms with E-state index in [1.165, 1.54) is 4.90 Å². The standard InChI is InChI=1S/C15H18N2O2/c1-9(10-5-7-11(16)8-6-10)17-14(18)12-3-2-4-13(12)15(17)19/h5-9,12-13H,2-4,16H2,1H3. The molecule has 1 aliphatic carbocycles. The number of nitrogens with zero attached hydrogens (tertiary/aromatic N) is 1. The Bertz CT molecular complexity index is 501. The van der Waals surface area contributed by atoms with Crippen molar-refractivity contribution >= 4 is 17.5 Å². The first-order chi connectivity index (χ1) is 9.09. The highest BCUT2D eigenvalue weighted by Gasteiger charge is 2.51. The summed E-state index contributed by atoms with van der Waals surface area (Å²) in [4.78, 5) is 26.2. The third-order valence-electron chi connectivity index (χ3n) is 4.43. The Morgan fingerprint density at radius 1 is 1.11 bits per heavy atom. The Labute approximate surface area is 112 Å². The lowest BCUT2D eigenvalue weighted by molar-refractivity contribution is -0.142. The van der Waals surface area contributed by atoms with E-state index in [0.717, 1.165) is 24.8 Å². The first kappa shape index (κ1) is 12.2. The van der Waals surface area contributed by atoms with Crippen molar-refractivity contribution in [2.24, 2.45) is 11.8 Å². The topological polar surface area (TPSA) is 63.4 Å². The van der Waals surface area contributed by atoms with Gasteiger partial charge in [-0.05, 0) is 37.5 Å². The number of nitrogens with two attached hydrogens (primary N) is 1. The van der Waals surface area contributed by atoms with Crippen LogP contribution in [0.2, 0.25) is 0 Å². The Hall–Kier alpha value is -1.84. The molecule has 2 fully saturated rings. The van der Waals surface area contributed by atoms with Crippen molar-refractivity contribution in [2.75, 3.05) is 5.73 Å². The van der Waals surface area contributed by atoms with E-state index >= 15 is 0 Å². The third-order valence-corrected chi connectivity index (χ3v) is 4.43. The van der Waals surface area contributed by atoms with Crippen LogP contribution in [0, 0.1) is 11.8 Å². The Morgan fingerprint density at radius 2 is 1.63 bits per heavy atom. The molecule has 1 aromatic rings. The fourth-order valence-corrected chi connectivity index (χ4v) is 3.32. The number of imide groups is 1. The minimum atomic E-state index is -0.203. The molecule has 3 atom stereocenters. The number of hydrogen-bond acceptors (Lipinski definition) is 3. The quantitative estimate of drug-likeness (QED) is 0.652. The number of fused-ring (bicyclic) bond motifs is 1. The SMILES string of the molecule is CC(c1ccc(N)cc1)N1C(=O)C2CCCC2C1=O. The predicted octanol–water partition coefficient (Wildman–Crippen LogP) is 2.11. The molecule has 0 aromatic heterocycles. The molecule has 1 saturated heterocycles. The molecular weight excluding hydrogens is 240 g/mol. The average molecular weight is 258 g/mol. The van der Waals surface area contributed by atoms with Gasteiger partial charge in [-0.25, -0.2) is 0 Å². The summed E-state index contributed by atoms with van der Waals surface area (Å²) in [6.07, 6.45) is 2.72. The molecule has 4 nitrogen and oxygen atoms in total. The monoisotopic (exact) mass is 258 g/mol. The summed E-state index contributed by atoms with van der Waals surface area (Å²) >= 11 is 0. The van der Waals surface area contributed by atoms with Crippen LogP contribution in [-0.4, -0.2) is 16.7 Å². The Kier molecular flexibility index (Phi) is 2.81. The molecule has 19 heavy (non-hydrogen) atoms. The minimum Gasteiger partial charge on any atom is -0.399 e. The lowest BCUT2D eigenvalue weighted by Gasteiger charge is -2.24. The number of carbonyl (C=O) groups excluding carboxylic acids is 2. The number of likely N-dealkylation sites (tertiary alicyclic amines) is 1. The number of anilines is 1. The first-order valence-electron chi connectivity index (χ1n) is 6.82. The zero-order valence-electron chi connectivity index (χ0n) is 11.0. The average Bonchev–Trinajstić information content (AvgIpc) is 2.95. The van der Waals surface area contributed by atoms with E-state index in [4.69, 9.17) is 5.73 Å². The smallest absolute Gasteiger partial charge is 0.233 e. The van der Waals surface area contributed by atoms with Gasteiger partial charge in [-0.2, -0.15) is 0 Å². The van der Waals surface area contributed by atoms with E-state index in [0.29, 0.717) is 5.69 Å². The second-order valence-corrected chi connectivity index (χ2v) is 5.53. The number of carbonyl (C=O) groups is 2. The molecule has 0 radical (unpaired) electrons. The number of benzene rings is 1. The van der Waals surface area contributed by atoms with Crippen molar-refractivity contribution in [1.29, 1.82) is 0 Å². The van der Waals surface area contributed by atoms with Crippen LogP contribution in [0.4, 0.5) is 5.69 Å². The van der Waals surface area contributed by atoms with E-state index in [9.17, 15) is 9.59 Å². The number of rotatable bonds is 2. The summed E-state index contributed by atoms with van der Waals surface area (Å²) in [5.74, 6) is -0.110. The summed E-state index contributed by atoms with van der Waals surface area (Å²) in [6, 6.07) is 7.17. The second kappa shape index (κ2) is 4.37. The van der Waals surface area contributed by atoms with Crippen LogP contribution in [0.25, 0.3) is 0 Å². The normalized spacial score (nSPS) is 27.7. The van der Waals surface area contributed by atoms with Gasteiger partial charge >= 0.3 is 0 Å². The van der Waals surface area contributed by atoms with Gasteiger partial charge in [0.2, 0.25) is 11.8 Å². The van der Waals surface area contributed by atoms with Gasteiger partial charge in [-0.3, -0.25) is 14.5 Å². The molecule has 1 aromatic carbocycles. The predicted molar refractivity (Wildman–Crippen MR) is 72.0 cm³/mol. The Morgan fingerprint density at radius 3 is 2.16 bits per heavy atom. The number of amides is 2. The highest BCUT2D eigenvalue weighted by Crippen LogP contribution is 2.42. The van der Waals surface area contributed by atoms with E-state index in [1.807, 2.05) is 19.1 Å². The lowest BCUT2D eigenvalue weighted by Crippen LogP contribution is -2.34. The fourth-order valence-electron chi connectivity index (χ4n) is 3.32. The molecule has 4 heteroatoms. The third kappa shape index (κ3) is 1.82. The van der Waals surface area contributed by atoms with Crippen molar-refractivity contribution in [2.45, 2.75) is 32.2 Å². The van der Waals surface area contributed by atoms with Gasteiger partial charge in [0, 0.05) is 5.69 Å². The van der Waals surface area contributed by atoms with Crippen LogP contribution in [0.1, 0.15) is 37.8 Å². The van der Waals surface area contributed by atoms with Gasteiger partial charge in [-0.15, -0.1) is 0 Å². The van der Waals surface area contributed by atoms with Crippen LogP contribution >= 0.6 is 0 Å². The largest absolute Gasteiger partial charge is 0.399 e. The molecule has 0 bridgehead atoms. The van der Waals surface area contributed by atoms with Crippen LogP contribution in [0.3, 0.4) is 0 Å². The zero-order chi connectivity index (χ0) is 13.6. The van der Waals surface area contributed by atoms with E-state index in [-0.39, 0.29) is 29.7 Å². The summed E-state index contributed by atoms with van der Waals surface area (Å²) < 4.78 is 0. The van der Waals surface area contributed by atoms with Crippen molar-refractivity contribution in [3.05, 3.63) is 29.8 Å². The van der Waals surface area contributed by atoms with Crippen LogP contribution < -0.4 is 5.73 Å². The molecule has 1 saturated carbocycles. The summed E-state index contributed by atoms with van der Waals surface area (Å²) in [5.41, 5.74) is 7.30. The highest BCUT2D eigenvalue weighted by molar-refractivity contribution is 6.05. The van der Waals surface area contributed by atoms with Gasteiger partial charge < -0.3 is 5.73 Å². The van der Waals surface area contributed by atoms with E-state index < -0.39 is 0 Å². The lowest BCUT2D eigenvalue weighted by atomic mass is 10.00. The zero-order valence-corrected chi connectivity index (χ0v) is 11.0. The maximum Gasteiger partial charge on any atom is 0.233 e. The van der Waals surface area contributed by atoms with Gasteiger partial charge in [0.25, 0.3) is 0 Å². The Balaban J connectivity index is 1.88. The summed E-state index contributed by atoms with van der Waals surface area (Å²) in [5, 5.41) is 0. The molecule has 0 spiro atoms. The number of hydrogen-bond donors (Lipinski definition) is 1. The van der Waals surface area contributed by atoms with Gasteiger partial charge in [-0.1, -0.05) is 18.6 Å². The molecule has 3 unspecified atom stereocenters. The minimum absolute atomic E-state index is 0.0109. The molecule has 1 heterocycles. The highest BCUT2D eigenvalue weighted by atomic mass is 16.2. The summed E-state index contributed by atoms with van der Waals surface area (Å²) in [6.45, 7) is 1.91. The van der Waals surface area contributed by atoms with Crippen molar-refractivity contribution < 1.29 is 9.59 Å². The molecule has 1 aliphatic heterocycles. The summed E-state index contributed by atoms with van der Waals surface area (Å²) in [7, 11) is 0.